The first-order valence-corrected chi connectivity index (χ1v) is 9.08. The van der Waals surface area contributed by atoms with Gasteiger partial charge >= 0.3 is 6.09 Å². The molecule has 2 fully saturated rings. The van der Waals surface area contributed by atoms with E-state index in [4.69, 9.17) is 4.74 Å². The first kappa shape index (κ1) is 18.5. The van der Waals surface area contributed by atoms with Crippen LogP contribution < -0.4 is 0 Å². The molecule has 0 radical (unpaired) electrons. The van der Waals surface area contributed by atoms with Gasteiger partial charge in [-0.25, -0.2) is 4.79 Å². The van der Waals surface area contributed by atoms with Crippen LogP contribution in [0.15, 0.2) is 0 Å². The lowest BCUT2D eigenvalue weighted by atomic mass is 9.87. The van der Waals surface area contributed by atoms with Gasteiger partial charge in [0.05, 0.1) is 12.2 Å². The summed E-state index contributed by atoms with van der Waals surface area (Å²) in [6, 6.07) is 0. The zero-order valence-corrected chi connectivity index (χ0v) is 14.8. The number of rotatable bonds is 4. The first-order chi connectivity index (χ1) is 10.7. The number of nitrogens with zero attached hydrogens (tertiary/aromatic N) is 1. The summed E-state index contributed by atoms with van der Waals surface area (Å²) in [5, 5.41) is 20.6. The molecular formula is C18H33NO4. The molecule has 3 atom stereocenters. The maximum Gasteiger partial charge on any atom is 0.410 e. The maximum atomic E-state index is 12.2. The lowest BCUT2D eigenvalue weighted by molar-refractivity contribution is -0.0217. The van der Waals surface area contributed by atoms with Crippen molar-refractivity contribution in [3.05, 3.63) is 0 Å². The molecule has 0 aromatic carbocycles. The lowest BCUT2D eigenvalue weighted by Crippen LogP contribution is -2.48. The van der Waals surface area contributed by atoms with E-state index in [1.165, 1.54) is 25.7 Å². The summed E-state index contributed by atoms with van der Waals surface area (Å²) in [7, 11) is 0. The number of hydrogen-bond donors (Lipinski definition) is 2. The summed E-state index contributed by atoms with van der Waals surface area (Å²) in [4.78, 5) is 13.9. The molecule has 0 spiro atoms. The van der Waals surface area contributed by atoms with Gasteiger partial charge in [0.2, 0.25) is 0 Å². The Labute approximate surface area is 140 Å². The fourth-order valence-electron chi connectivity index (χ4n) is 3.82. The van der Waals surface area contributed by atoms with Gasteiger partial charge in [-0.15, -0.1) is 0 Å². The molecule has 5 nitrogen and oxygen atoms in total. The number of aliphatic hydroxyl groups excluding tert-OH is 2. The van der Waals surface area contributed by atoms with Crippen molar-refractivity contribution in [3.8, 4) is 0 Å². The van der Waals surface area contributed by atoms with Gasteiger partial charge in [0, 0.05) is 19.0 Å². The van der Waals surface area contributed by atoms with Crippen molar-refractivity contribution in [1.82, 2.24) is 4.90 Å². The van der Waals surface area contributed by atoms with E-state index in [1.807, 2.05) is 20.8 Å². The van der Waals surface area contributed by atoms with Crippen LogP contribution in [0.5, 0.6) is 0 Å². The largest absolute Gasteiger partial charge is 0.444 e. The van der Waals surface area contributed by atoms with E-state index in [-0.39, 0.29) is 18.1 Å². The third-order valence-corrected chi connectivity index (χ3v) is 5.00. The summed E-state index contributed by atoms with van der Waals surface area (Å²) in [5.74, 6) is 0.570. The van der Waals surface area contributed by atoms with Crippen LogP contribution in [-0.4, -0.2) is 52.1 Å². The summed E-state index contributed by atoms with van der Waals surface area (Å²) in [6.07, 6.45) is 5.80. The molecular weight excluding hydrogens is 294 g/mol. The Morgan fingerprint density at radius 2 is 1.87 bits per heavy atom. The third kappa shape index (κ3) is 5.96. The lowest BCUT2D eigenvalue weighted by Gasteiger charge is -2.37. The Morgan fingerprint density at radius 3 is 2.48 bits per heavy atom. The highest BCUT2D eigenvalue weighted by Crippen LogP contribution is 2.31. The number of amides is 1. The molecule has 3 unspecified atom stereocenters. The van der Waals surface area contributed by atoms with Crippen molar-refractivity contribution in [2.24, 2.45) is 11.8 Å². The highest BCUT2D eigenvalue weighted by Gasteiger charge is 2.34. The molecule has 2 N–H and O–H groups in total. The molecule has 1 aliphatic carbocycles. The number of aliphatic hydroxyl groups is 2. The quantitative estimate of drug-likeness (QED) is 0.833. The van der Waals surface area contributed by atoms with Crippen molar-refractivity contribution < 1.29 is 19.7 Å². The molecule has 134 valence electrons. The highest BCUT2D eigenvalue weighted by molar-refractivity contribution is 5.68. The van der Waals surface area contributed by atoms with E-state index in [0.717, 1.165) is 6.42 Å². The smallest absolute Gasteiger partial charge is 0.410 e. The van der Waals surface area contributed by atoms with E-state index in [1.54, 1.807) is 4.90 Å². The minimum Gasteiger partial charge on any atom is -0.444 e. The SMILES string of the molecule is CC(C)(C)OC(=O)N1CCC(O)C(CC(O)CC2CCCC2)C1. The second-order valence-electron chi connectivity index (χ2n) is 8.32. The maximum absolute atomic E-state index is 12.2. The van der Waals surface area contributed by atoms with Gasteiger partial charge in [-0.3, -0.25) is 0 Å². The molecule has 1 amide bonds. The number of carbonyl (C=O) groups is 1. The Hall–Kier alpha value is -0.810. The number of likely N-dealkylation sites (tertiary alicyclic amines) is 1. The molecule has 2 aliphatic rings. The number of hydrogen-bond acceptors (Lipinski definition) is 4. The molecule has 5 heteroatoms. The predicted octanol–water partition coefficient (Wildman–Crippen LogP) is 2.94. The number of carbonyl (C=O) groups excluding carboxylic acids is 1. The highest BCUT2D eigenvalue weighted by atomic mass is 16.6. The average Bonchev–Trinajstić information content (AvgIpc) is 2.92. The third-order valence-electron chi connectivity index (χ3n) is 5.00. The Bertz CT molecular complexity index is 387. The molecule has 23 heavy (non-hydrogen) atoms. The fraction of sp³-hybridized carbons (Fsp3) is 0.944. The summed E-state index contributed by atoms with van der Waals surface area (Å²) >= 11 is 0. The number of ether oxygens (including phenoxy) is 1. The summed E-state index contributed by atoms with van der Waals surface area (Å²) in [5.41, 5.74) is -0.509. The van der Waals surface area contributed by atoms with Crippen LogP contribution in [0.4, 0.5) is 4.79 Å². The van der Waals surface area contributed by atoms with Crippen LogP contribution in [0.2, 0.25) is 0 Å². The molecule has 1 saturated carbocycles. The van der Waals surface area contributed by atoms with Crippen molar-refractivity contribution in [2.75, 3.05) is 13.1 Å². The van der Waals surface area contributed by atoms with E-state index < -0.39 is 11.7 Å². The van der Waals surface area contributed by atoms with Gasteiger partial charge in [0.25, 0.3) is 0 Å². The Balaban J connectivity index is 1.83. The van der Waals surface area contributed by atoms with Gasteiger partial charge < -0.3 is 19.8 Å². The van der Waals surface area contributed by atoms with Crippen LogP contribution in [0.1, 0.15) is 65.7 Å². The van der Waals surface area contributed by atoms with Crippen LogP contribution in [-0.2, 0) is 4.74 Å². The van der Waals surface area contributed by atoms with Crippen molar-refractivity contribution in [3.63, 3.8) is 0 Å². The van der Waals surface area contributed by atoms with E-state index in [9.17, 15) is 15.0 Å². The molecule has 1 heterocycles. The monoisotopic (exact) mass is 327 g/mol. The Kier molecular flexibility index (Phi) is 6.32. The summed E-state index contributed by atoms with van der Waals surface area (Å²) < 4.78 is 5.42. The van der Waals surface area contributed by atoms with Gasteiger partial charge in [0.15, 0.2) is 0 Å². The molecule has 0 bridgehead atoms. The molecule has 2 rings (SSSR count). The number of piperidine rings is 1. The molecule has 1 aliphatic heterocycles. The Morgan fingerprint density at radius 1 is 1.22 bits per heavy atom. The van der Waals surface area contributed by atoms with Crippen molar-refractivity contribution in [1.29, 1.82) is 0 Å². The minimum atomic E-state index is -0.509. The fourth-order valence-corrected chi connectivity index (χ4v) is 3.82. The second-order valence-corrected chi connectivity index (χ2v) is 8.32. The average molecular weight is 327 g/mol. The van der Waals surface area contributed by atoms with Crippen LogP contribution in [0.25, 0.3) is 0 Å². The molecule has 0 aromatic rings. The van der Waals surface area contributed by atoms with Crippen molar-refractivity contribution >= 4 is 6.09 Å². The zero-order chi connectivity index (χ0) is 17.0. The summed E-state index contributed by atoms with van der Waals surface area (Å²) in [6.45, 7) is 6.55. The van der Waals surface area contributed by atoms with Crippen LogP contribution in [0, 0.1) is 11.8 Å². The van der Waals surface area contributed by atoms with E-state index >= 15 is 0 Å². The first-order valence-electron chi connectivity index (χ1n) is 9.08. The van der Waals surface area contributed by atoms with Crippen LogP contribution >= 0.6 is 0 Å². The van der Waals surface area contributed by atoms with Crippen LogP contribution in [0.3, 0.4) is 0 Å². The standard InChI is InChI=1S/C18H33NO4/c1-18(2,3)23-17(22)19-9-8-16(21)14(12-19)11-15(20)10-13-6-4-5-7-13/h13-16,20-21H,4-12H2,1-3H3. The zero-order valence-electron chi connectivity index (χ0n) is 14.8. The molecule has 0 aromatic heterocycles. The van der Waals surface area contributed by atoms with Gasteiger partial charge in [0.1, 0.15) is 5.60 Å². The van der Waals surface area contributed by atoms with Crippen molar-refractivity contribution in [2.45, 2.75) is 83.5 Å². The predicted molar refractivity (Wildman–Crippen MR) is 89.1 cm³/mol. The molecule has 1 saturated heterocycles. The minimum absolute atomic E-state index is 0.0623. The van der Waals surface area contributed by atoms with Gasteiger partial charge in [-0.05, 0) is 46.0 Å². The van der Waals surface area contributed by atoms with E-state index in [0.29, 0.717) is 31.8 Å². The second kappa shape index (κ2) is 7.84. The van der Waals surface area contributed by atoms with E-state index in [2.05, 4.69) is 0 Å². The van der Waals surface area contributed by atoms with Gasteiger partial charge in [-0.1, -0.05) is 25.7 Å². The van der Waals surface area contributed by atoms with Gasteiger partial charge in [-0.2, -0.15) is 0 Å². The topological polar surface area (TPSA) is 70.0 Å². The normalized spacial score (nSPS) is 28.0.